The number of Topliss-reactive ketones (excluding diaryl/α,β-unsaturated/α-hetero) is 1. The average molecular weight is 400 g/mol. The van der Waals surface area contributed by atoms with Crippen molar-refractivity contribution in [2.75, 3.05) is 0 Å². The van der Waals surface area contributed by atoms with E-state index in [1.54, 1.807) is 17.2 Å². The summed E-state index contributed by atoms with van der Waals surface area (Å²) in [4.78, 5) is 15.0. The molecule has 0 spiro atoms. The van der Waals surface area contributed by atoms with Crippen molar-refractivity contribution < 1.29 is 9.90 Å². The third-order valence-electron chi connectivity index (χ3n) is 9.78. The van der Waals surface area contributed by atoms with Gasteiger partial charge < -0.3 is 5.11 Å². The Bertz CT molecular complexity index is 760. The van der Waals surface area contributed by atoms with Gasteiger partial charge in [0.1, 0.15) is 6.04 Å². The molecule has 29 heavy (non-hydrogen) atoms. The second kappa shape index (κ2) is 6.90. The highest BCUT2D eigenvalue weighted by atomic mass is 16.3. The summed E-state index contributed by atoms with van der Waals surface area (Å²) in [6.45, 7) is 6.42. The Morgan fingerprint density at radius 3 is 2.48 bits per heavy atom. The van der Waals surface area contributed by atoms with Gasteiger partial charge in [-0.25, -0.2) is 0 Å². The third kappa shape index (κ3) is 3.10. The lowest BCUT2D eigenvalue weighted by atomic mass is 9.49. The summed E-state index contributed by atoms with van der Waals surface area (Å²) in [6.07, 6.45) is 13.8. The number of carbonyl (C=O) groups is 1. The van der Waals surface area contributed by atoms with Gasteiger partial charge >= 0.3 is 0 Å². The normalized spacial score (nSPS) is 47.7. The molecule has 0 bridgehead atoms. The monoisotopic (exact) mass is 399 g/mol. The first-order valence-corrected chi connectivity index (χ1v) is 11.9. The maximum absolute atomic E-state index is 13.4. The van der Waals surface area contributed by atoms with Crippen molar-refractivity contribution in [1.29, 1.82) is 0 Å². The van der Waals surface area contributed by atoms with Gasteiger partial charge in [-0.2, -0.15) is 15.0 Å². The molecular formula is C24H37N3O2. The molecule has 4 saturated carbocycles. The molecule has 0 aromatic carbocycles. The number of aromatic nitrogens is 3. The van der Waals surface area contributed by atoms with Gasteiger partial charge in [0, 0.05) is 5.92 Å². The largest absolute Gasteiger partial charge is 0.390 e. The summed E-state index contributed by atoms with van der Waals surface area (Å²) in [6, 6.07) is -0.264. The van der Waals surface area contributed by atoms with E-state index in [1.165, 1.54) is 38.5 Å². The van der Waals surface area contributed by atoms with Crippen LogP contribution in [-0.2, 0) is 4.79 Å². The first kappa shape index (κ1) is 19.7. The van der Waals surface area contributed by atoms with Crippen LogP contribution in [0.15, 0.2) is 12.4 Å². The van der Waals surface area contributed by atoms with E-state index in [4.69, 9.17) is 0 Å². The molecule has 5 heteroatoms. The van der Waals surface area contributed by atoms with Gasteiger partial charge in [0.15, 0.2) is 5.78 Å². The summed E-state index contributed by atoms with van der Waals surface area (Å²) in [5.41, 5.74) is -0.300. The SMILES string of the molecule is CC(C(=O)[C@H]1CC[C@H]2[C@@H]3CC[C@@H]4C[C@](C)(O)CC[C@@H]4[C@H]3CC[C@]12C)n1nccn1. The average Bonchev–Trinajstić information content (AvgIpc) is 3.33. The number of fused-ring (bicyclic) bond motifs is 5. The van der Waals surface area contributed by atoms with Crippen LogP contribution in [0.1, 0.15) is 84.6 Å². The van der Waals surface area contributed by atoms with Crippen molar-refractivity contribution >= 4 is 5.78 Å². The van der Waals surface area contributed by atoms with Crippen LogP contribution >= 0.6 is 0 Å². The molecule has 0 aliphatic heterocycles. The molecular weight excluding hydrogens is 362 g/mol. The van der Waals surface area contributed by atoms with E-state index in [0.29, 0.717) is 17.6 Å². The minimum Gasteiger partial charge on any atom is -0.390 e. The van der Waals surface area contributed by atoms with E-state index in [1.807, 2.05) is 13.8 Å². The van der Waals surface area contributed by atoms with Crippen LogP contribution in [0.4, 0.5) is 0 Å². The number of hydrogen-bond donors (Lipinski definition) is 1. The van der Waals surface area contributed by atoms with Crippen LogP contribution in [0.2, 0.25) is 0 Å². The Morgan fingerprint density at radius 1 is 1.00 bits per heavy atom. The van der Waals surface area contributed by atoms with Gasteiger partial charge in [-0.1, -0.05) is 6.92 Å². The number of nitrogens with zero attached hydrogens (tertiary/aromatic N) is 3. The maximum Gasteiger partial charge on any atom is 0.162 e. The molecule has 5 nitrogen and oxygen atoms in total. The quantitative estimate of drug-likeness (QED) is 0.816. The lowest BCUT2D eigenvalue weighted by Gasteiger charge is -2.57. The number of carbonyl (C=O) groups excluding carboxylic acids is 1. The summed E-state index contributed by atoms with van der Waals surface area (Å²) in [7, 11) is 0. The van der Waals surface area contributed by atoms with Crippen LogP contribution in [-0.4, -0.2) is 31.5 Å². The van der Waals surface area contributed by atoms with Crippen molar-refractivity contribution in [2.24, 2.45) is 40.9 Å². The molecule has 4 aliphatic rings. The standard InChI is InChI=1S/C24H37N3O2/c1-15(27-25-12-13-26-27)22(28)21-7-6-20-19-5-4-16-14-23(2,29)10-8-17(16)18(19)9-11-24(20,21)3/h12-13,15-21,29H,4-11,14H2,1-3H3/t15?,16-,17+,18-,19-,20+,21-,23-,24+/m1/s1. The highest BCUT2D eigenvalue weighted by Crippen LogP contribution is 2.65. The van der Waals surface area contributed by atoms with E-state index >= 15 is 0 Å². The Balaban J connectivity index is 1.34. The van der Waals surface area contributed by atoms with Crippen LogP contribution in [0.5, 0.6) is 0 Å². The molecule has 0 saturated heterocycles. The number of aliphatic hydroxyl groups is 1. The fourth-order valence-corrected chi connectivity index (χ4v) is 8.38. The van der Waals surface area contributed by atoms with Gasteiger partial charge in [-0.05, 0) is 107 Å². The van der Waals surface area contributed by atoms with Gasteiger partial charge in [-0.15, -0.1) is 0 Å². The van der Waals surface area contributed by atoms with Gasteiger partial charge in [-0.3, -0.25) is 4.79 Å². The van der Waals surface area contributed by atoms with E-state index in [2.05, 4.69) is 17.1 Å². The van der Waals surface area contributed by atoms with Crippen molar-refractivity contribution in [3.63, 3.8) is 0 Å². The Kier molecular flexibility index (Phi) is 4.69. The fourth-order valence-electron chi connectivity index (χ4n) is 8.38. The molecule has 1 heterocycles. The maximum atomic E-state index is 13.4. The molecule has 160 valence electrons. The lowest BCUT2D eigenvalue weighted by molar-refractivity contribution is -0.135. The summed E-state index contributed by atoms with van der Waals surface area (Å²) in [5.74, 6) is 4.31. The van der Waals surface area contributed by atoms with E-state index in [9.17, 15) is 9.90 Å². The lowest BCUT2D eigenvalue weighted by Crippen LogP contribution is -2.51. The van der Waals surface area contributed by atoms with Crippen molar-refractivity contribution in [3.8, 4) is 0 Å². The predicted octanol–water partition coefficient (Wildman–Crippen LogP) is 4.43. The Morgan fingerprint density at radius 2 is 1.72 bits per heavy atom. The molecule has 0 radical (unpaired) electrons. The Hall–Kier alpha value is -1.23. The highest BCUT2D eigenvalue weighted by molar-refractivity contribution is 5.85. The zero-order chi connectivity index (χ0) is 20.4. The first-order valence-electron chi connectivity index (χ1n) is 11.9. The zero-order valence-corrected chi connectivity index (χ0v) is 18.3. The molecule has 9 atom stereocenters. The number of hydrogen-bond acceptors (Lipinski definition) is 4. The first-order chi connectivity index (χ1) is 13.8. The third-order valence-corrected chi connectivity index (χ3v) is 9.78. The second-order valence-electron chi connectivity index (χ2n) is 11.3. The van der Waals surface area contributed by atoms with Gasteiger partial charge in [0.2, 0.25) is 0 Å². The molecule has 4 aliphatic carbocycles. The number of ketones is 1. The predicted molar refractivity (Wildman–Crippen MR) is 111 cm³/mol. The van der Waals surface area contributed by atoms with Gasteiger partial charge in [0.25, 0.3) is 0 Å². The summed E-state index contributed by atoms with van der Waals surface area (Å²) < 4.78 is 0. The highest BCUT2D eigenvalue weighted by Gasteiger charge is 2.59. The second-order valence-corrected chi connectivity index (χ2v) is 11.3. The van der Waals surface area contributed by atoms with Crippen molar-refractivity contribution in [1.82, 2.24) is 15.0 Å². The van der Waals surface area contributed by atoms with E-state index in [-0.39, 0.29) is 17.4 Å². The number of rotatable bonds is 3. The minimum atomic E-state index is -0.446. The summed E-state index contributed by atoms with van der Waals surface area (Å²) >= 11 is 0. The molecule has 1 unspecified atom stereocenters. The van der Waals surface area contributed by atoms with E-state index in [0.717, 1.165) is 37.0 Å². The van der Waals surface area contributed by atoms with Crippen LogP contribution in [0.25, 0.3) is 0 Å². The fraction of sp³-hybridized carbons (Fsp3) is 0.875. The molecule has 1 aromatic rings. The minimum absolute atomic E-state index is 0.145. The van der Waals surface area contributed by atoms with Crippen molar-refractivity contribution in [2.45, 2.75) is 90.2 Å². The summed E-state index contributed by atoms with van der Waals surface area (Å²) in [5, 5.41) is 19.0. The topological polar surface area (TPSA) is 68.0 Å². The molecule has 1 N–H and O–H groups in total. The van der Waals surface area contributed by atoms with Crippen LogP contribution < -0.4 is 0 Å². The van der Waals surface area contributed by atoms with Crippen molar-refractivity contribution in [3.05, 3.63) is 12.4 Å². The van der Waals surface area contributed by atoms with E-state index < -0.39 is 5.60 Å². The molecule has 5 rings (SSSR count). The zero-order valence-electron chi connectivity index (χ0n) is 18.3. The van der Waals surface area contributed by atoms with Crippen LogP contribution in [0, 0.1) is 40.9 Å². The molecule has 4 fully saturated rings. The van der Waals surface area contributed by atoms with Gasteiger partial charge in [0.05, 0.1) is 18.0 Å². The molecule has 0 amide bonds. The Labute approximate surface area is 174 Å². The molecule has 1 aromatic heterocycles. The smallest absolute Gasteiger partial charge is 0.162 e. The van der Waals surface area contributed by atoms with Crippen LogP contribution in [0.3, 0.4) is 0 Å².